The minimum atomic E-state index is -0.260. The molecule has 0 saturated heterocycles. The molecule has 1 amide bonds. The minimum absolute atomic E-state index is 0.165. The molecule has 1 unspecified atom stereocenters. The number of nitrogens with two attached hydrogens (primary N) is 1. The highest BCUT2D eigenvalue weighted by Crippen LogP contribution is 2.31. The van der Waals surface area contributed by atoms with Gasteiger partial charge in [-0.2, -0.15) is 0 Å². The summed E-state index contributed by atoms with van der Waals surface area (Å²) in [7, 11) is 1.64. The predicted molar refractivity (Wildman–Crippen MR) is 64.5 cm³/mol. The van der Waals surface area contributed by atoms with E-state index in [4.69, 9.17) is 10.5 Å². The third-order valence-corrected chi connectivity index (χ3v) is 2.66. The molecule has 3 heteroatoms. The van der Waals surface area contributed by atoms with E-state index in [1.807, 2.05) is 24.3 Å². The van der Waals surface area contributed by atoms with E-state index in [-0.39, 0.29) is 11.8 Å². The highest BCUT2D eigenvalue weighted by Gasteiger charge is 2.17. The lowest BCUT2D eigenvalue weighted by atomic mass is 9.90. The SMILES string of the molecule is CCCC(CC(N)=O)c1ccccc1OC. The summed E-state index contributed by atoms with van der Waals surface area (Å²) in [4.78, 5) is 11.0. The first kappa shape index (κ1) is 12.6. The van der Waals surface area contributed by atoms with Crippen LogP contribution < -0.4 is 10.5 Å². The summed E-state index contributed by atoms with van der Waals surface area (Å²) in [5.41, 5.74) is 6.35. The van der Waals surface area contributed by atoms with Gasteiger partial charge in [-0.3, -0.25) is 4.79 Å². The number of methoxy groups -OCH3 is 1. The molecule has 0 bridgehead atoms. The molecule has 0 aliphatic carbocycles. The Morgan fingerprint density at radius 2 is 2.12 bits per heavy atom. The van der Waals surface area contributed by atoms with Crippen molar-refractivity contribution < 1.29 is 9.53 Å². The van der Waals surface area contributed by atoms with Crippen molar-refractivity contribution in [2.45, 2.75) is 32.1 Å². The normalized spacial score (nSPS) is 12.1. The lowest BCUT2D eigenvalue weighted by molar-refractivity contribution is -0.118. The van der Waals surface area contributed by atoms with Gasteiger partial charge in [-0.05, 0) is 24.0 Å². The summed E-state index contributed by atoms with van der Waals surface area (Å²) >= 11 is 0. The van der Waals surface area contributed by atoms with Crippen molar-refractivity contribution in [1.82, 2.24) is 0 Å². The lowest BCUT2D eigenvalue weighted by Crippen LogP contribution is -2.15. The van der Waals surface area contributed by atoms with E-state index in [9.17, 15) is 4.79 Å². The van der Waals surface area contributed by atoms with Gasteiger partial charge in [-0.15, -0.1) is 0 Å². The van der Waals surface area contributed by atoms with E-state index in [1.54, 1.807) is 7.11 Å². The number of ether oxygens (including phenoxy) is 1. The fraction of sp³-hybridized carbons (Fsp3) is 0.462. The fourth-order valence-electron chi connectivity index (χ4n) is 1.96. The van der Waals surface area contributed by atoms with Gasteiger partial charge in [0.15, 0.2) is 0 Å². The number of primary amides is 1. The molecular weight excluding hydrogens is 202 g/mol. The monoisotopic (exact) mass is 221 g/mol. The Bertz CT molecular complexity index is 350. The van der Waals surface area contributed by atoms with Gasteiger partial charge in [0.05, 0.1) is 7.11 Å². The average molecular weight is 221 g/mol. The molecule has 0 aromatic heterocycles. The van der Waals surface area contributed by atoms with E-state index in [0.29, 0.717) is 6.42 Å². The lowest BCUT2D eigenvalue weighted by Gasteiger charge is -2.17. The Morgan fingerprint density at radius 3 is 2.69 bits per heavy atom. The van der Waals surface area contributed by atoms with Gasteiger partial charge in [-0.25, -0.2) is 0 Å². The quantitative estimate of drug-likeness (QED) is 0.802. The van der Waals surface area contributed by atoms with E-state index < -0.39 is 0 Å². The Balaban J connectivity index is 2.94. The fourth-order valence-corrected chi connectivity index (χ4v) is 1.96. The van der Waals surface area contributed by atoms with Gasteiger partial charge in [0.25, 0.3) is 0 Å². The van der Waals surface area contributed by atoms with Crippen molar-refractivity contribution in [3.63, 3.8) is 0 Å². The Hall–Kier alpha value is -1.51. The van der Waals surface area contributed by atoms with Crippen LogP contribution >= 0.6 is 0 Å². The van der Waals surface area contributed by atoms with Crippen molar-refractivity contribution in [1.29, 1.82) is 0 Å². The third kappa shape index (κ3) is 3.26. The molecule has 0 saturated carbocycles. The largest absolute Gasteiger partial charge is 0.496 e. The van der Waals surface area contributed by atoms with Crippen LogP contribution in [0.2, 0.25) is 0 Å². The predicted octanol–water partition coefficient (Wildman–Crippen LogP) is 2.45. The Labute approximate surface area is 96.6 Å². The first-order valence-electron chi connectivity index (χ1n) is 5.60. The molecule has 2 N–H and O–H groups in total. The van der Waals surface area contributed by atoms with Crippen LogP contribution in [0.1, 0.15) is 37.7 Å². The third-order valence-electron chi connectivity index (χ3n) is 2.66. The maximum absolute atomic E-state index is 11.0. The highest BCUT2D eigenvalue weighted by molar-refractivity contribution is 5.75. The van der Waals surface area contributed by atoms with Crippen molar-refractivity contribution in [3.05, 3.63) is 29.8 Å². The summed E-state index contributed by atoms with van der Waals surface area (Å²) in [5.74, 6) is 0.741. The molecule has 1 aromatic rings. The number of rotatable bonds is 6. The molecule has 1 atom stereocenters. The van der Waals surface area contributed by atoms with Crippen LogP contribution in [0.3, 0.4) is 0 Å². The van der Waals surface area contributed by atoms with Gasteiger partial charge in [-0.1, -0.05) is 31.5 Å². The molecular formula is C13H19NO2. The number of hydrogen-bond donors (Lipinski definition) is 1. The zero-order valence-electron chi connectivity index (χ0n) is 9.90. The van der Waals surface area contributed by atoms with Crippen molar-refractivity contribution in [2.24, 2.45) is 5.73 Å². The average Bonchev–Trinajstić information content (AvgIpc) is 2.28. The first-order chi connectivity index (χ1) is 7.69. The van der Waals surface area contributed by atoms with Crippen molar-refractivity contribution >= 4 is 5.91 Å². The molecule has 16 heavy (non-hydrogen) atoms. The molecule has 0 radical (unpaired) electrons. The van der Waals surface area contributed by atoms with E-state index in [2.05, 4.69) is 6.92 Å². The highest BCUT2D eigenvalue weighted by atomic mass is 16.5. The molecule has 0 fully saturated rings. The van der Waals surface area contributed by atoms with Gasteiger partial charge in [0.2, 0.25) is 5.91 Å². The smallest absolute Gasteiger partial charge is 0.218 e. The van der Waals surface area contributed by atoms with Gasteiger partial charge < -0.3 is 10.5 Å². The van der Waals surface area contributed by atoms with Crippen LogP contribution in [-0.2, 0) is 4.79 Å². The summed E-state index contributed by atoms with van der Waals surface area (Å²) in [6.07, 6.45) is 2.35. The zero-order chi connectivity index (χ0) is 12.0. The first-order valence-corrected chi connectivity index (χ1v) is 5.60. The summed E-state index contributed by atoms with van der Waals surface area (Å²) in [5, 5.41) is 0. The minimum Gasteiger partial charge on any atom is -0.496 e. The van der Waals surface area contributed by atoms with E-state index in [1.165, 1.54) is 0 Å². The molecule has 0 heterocycles. The van der Waals surface area contributed by atoms with Crippen molar-refractivity contribution in [3.8, 4) is 5.75 Å². The standard InChI is InChI=1S/C13H19NO2/c1-3-6-10(9-13(14)15)11-7-4-5-8-12(11)16-2/h4-5,7-8,10H,3,6,9H2,1-2H3,(H2,14,15). The second kappa shape index (κ2) is 6.16. The molecule has 0 aliphatic rings. The van der Waals surface area contributed by atoms with Gasteiger partial charge >= 0.3 is 0 Å². The molecule has 1 aromatic carbocycles. The number of hydrogen-bond acceptors (Lipinski definition) is 2. The Kier molecular flexibility index (Phi) is 4.83. The summed E-state index contributed by atoms with van der Waals surface area (Å²) in [6.45, 7) is 2.10. The molecule has 3 nitrogen and oxygen atoms in total. The second-order valence-corrected chi connectivity index (χ2v) is 3.90. The van der Waals surface area contributed by atoms with Gasteiger partial charge in [0.1, 0.15) is 5.75 Å². The molecule has 1 rings (SSSR count). The number of para-hydroxylation sites is 1. The van der Waals surface area contributed by atoms with E-state index in [0.717, 1.165) is 24.2 Å². The van der Waals surface area contributed by atoms with Crippen LogP contribution in [0.5, 0.6) is 5.75 Å². The van der Waals surface area contributed by atoms with Crippen LogP contribution in [0.25, 0.3) is 0 Å². The number of carbonyl (C=O) groups is 1. The van der Waals surface area contributed by atoms with Crippen LogP contribution in [0.15, 0.2) is 24.3 Å². The maximum Gasteiger partial charge on any atom is 0.218 e. The van der Waals surface area contributed by atoms with Gasteiger partial charge in [0, 0.05) is 6.42 Å². The molecule has 0 aliphatic heterocycles. The Morgan fingerprint density at radius 1 is 1.44 bits per heavy atom. The number of benzene rings is 1. The summed E-state index contributed by atoms with van der Waals surface area (Å²) < 4.78 is 5.30. The molecule has 0 spiro atoms. The van der Waals surface area contributed by atoms with E-state index >= 15 is 0 Å². The second-order valence-electron chi connectivity index (χ2n) is 3.90. The van der Waals surface area contributed by atoms with Crippen LogP contribution in [-0.4, -0.2) is 13.0 Å². The topological polar surface area (TPSA) is 52.3 Å². The number of carbonyl (C=O) groups excluding carboxylic acids is 1. The zero-order valence-corrected chi connectivity index (χ0v) is 9.90. The number of amides is 1. The molecule has 88 valence electrons. The summed E-state index contributed by atoms with van der Waals surface area (Å²) in [6, 6.07) is 7.80. The van der Waals surface area contributed by atoms with Crippen LogP contribution in [0, 0.1) is 0 Å². The maximum atomic E-state index is 11.0. The van der Waals surface area contributed by atoms with Crippen molar-refractivity contribution in [2.75, 3.05) is 7.11 Å². The van der Waals surface area contributed by atoms with Crippen LogP contribution in [0.4, 0.5) is 0 Å².